The average Bonchev–Trinajstić information content (AvgIpc) is 2.46. The van der Waals surface area contributed by atoms with Crippen LogP contribution in [0.5, 0.6) is 0 Å². The quantitative estimate of drug-likeness (QED) is 0.482. The zero-order valence-corrected chi connectivity index (χ0v) is 21.7. The number of rotatable bonds is 1. The zero-order valence-electron chi connectivity index (χ0n) is 20.9. The maximum absolute atomic E-state index is 12.9. The highest BCUT2D eigenvalue weighted by molar-refractivity contribution is 7.86. The minimum Gasteiger partial charge on any atom is -0.282 e. The van der Waals surface area contributed by atoms with Crippen LogP contribution in [-0.2, 0) is 31.8 Å². The van der Waals surface area contributed by atoms with Crippen molar-refractivity contribution in [1.29, 1.82) is 0 Å². The molecule has 0 saturated heterocycles. The Hall–Kier alpha value is -1.39. The molecule has 0 aliphatic heterocycles. The largest absolute Gasteiger partial charge is 0.295 e. The SMILES string of the molecule is CC(C)(C)c1c(C(C)(C)C)c(C(C)(C)C)c2c(C(C)(C)C)cccc2c1S(=O)(=O)O. The second-order valence-corrected chi connectivity index (χ2v) is 14.0. The van der Waals surface area contributed by atoms with Gasteiger partial charge in [0.2, 0.25) is 0 Å². The Labute approximate surface area is 184 Å². The second-order valence-electron chi connectivity index (χ2n) is 12.7. The van der Waals surface area contributed by atoms with Gasteiger partial charge in [-0.1, -0.05) is 101 Å². The van der Waals surface area contributed by atoms with Gasteiger partial charge in [-0.3, -0.25) is 4.55 Å². The average molecular weight is 433 g/mol. The third-order valence-electron chi connectivity index (χ3n) is 5.60. The molecule has 0 radical (unpaired) electrons. The first-order chi connectivity index (χ1) is 13.1. The van der Waals surface area contributed by atoms with E-state index >= 15 is 0 Å². The summed E-state index contributed by atoms with van der Waals surface area (Å²) in [6.45, 7) is 25.5. The lowest BCUT2D eigenvalue weighted by Gasteiger charge is -2.40. The normalized spacial score (nSPS) is 14.4. The molecule has 0 bridgehead atoms. The molecule has 0 aliphatic carbocycles. The van der Waals surface area contributed by atoms with Crippen LogP contribution in [0, 0.1) is 0 Å². The van der Waals surface area contributed by atoms with E-state index in [9.17, 15) is 13.0 Å². The smallest absolute Gasteiger partial charge is 0.282 e. The van der Waals surface area contributed by atoms with Crippen LogP contribution in [0.1, 0.15) is 105 Å². The summed E-state index contributed by atoms with van der Waals surface area (Å²) < 4.78 is 36.2. The molecule has 168 valence electrons. The van der Waals surface area contributed by atoms with E-state index in [1.54, 1.807) is 0 Å². The minimum atomic E-state index is -4.45. The van der Waals surface area contributed by atoms with Gasteiger partial charge >= 0.3 is 0 Å². The van der Waals surface area contributed by atoms with Crippen LogP contribution in [0.2, 0.25) is 0 Å². The Bertz CT molecular complexity index is 1080. The van der Waals surface area contributed by atoms with E-state index < -0.39 is 15.5 Å². The van der Waals surface area contributed by atoms with Crippen molar-refractivity contribution >= 4 is 20.9 Å². The van der Waals surface area contributed by atoms with Crippen LogP contribution in [0.25, 0.3) is 10.8 Å². The number of hydrogen-bond donors (Lipinski definition) is 1. The van der Waals surface area contributed by atoms with Gasteiger partial charge in [-0.2, -0.15) is 8.42 Å². The van der Waals surface area contributed by atoms with Crippen molar-refractivity contribution < 1.29 is 13.0 Å². The molecule has 0 aromatic heterocycles. The van der Waals surface area contributed by atoms with Crippen molar-refractivity contribution in [2.75, 3.05) is 0 Å². The highest BCUT2D eigenvalue weighted by Gasteiger charge is 2.40. The Balaban J connectivity index is 3.56. The summed E-state index contributed by atoms with van der Waals surface area (Å²) in [5, 5.41) is 1.58. The molecule has 0 unspecified atom stereocenters. The summed E-state index contributed by atoms with van der Waals surface area (Å²) >= 11 is 0. The third-order valence-corrected chi connectivity index (χ3v) is 6.54. The second kappa shape index (κ2) is 7.06. The van der Waals surface area contributed by atoms with Crippen molar-refractivity contribution in [2.24, 2.45) is 0 Å². The molecule has 0 amide bonds. The third kappa shape index (κ3) is 4.45. The standard InChI is InChI=1S/C26H40O3S/c1-23(2,3)17-15-13-14-16-18(17)19(24(4,5)6)20(25(7,8)9)21(26(10,11)12)22(16)30(27,28)29/h13-15H,1-12H3,(H,27,28,29). The molecule has 0 fully saturated rings. The topological polar surface area (TPSA) is 54.4 Å². The number of fused-ring (bicyclic) bond motifs is 1. The first-order valence-corrected chi connectivity index (χ1v) is 12.2. The summed E-state index contributed by atoms with van der Waals surface area (Å²) in [5.41, 5.74) is 2.83. The van der Waals surface area contributed by atoms with E-state index in [-0.39, 0.29) is 21.1 Å². The molecule has 2 rings (SSSR count). The fourth-order valence-corrected chi connectivity index (χ4v) is 5.73. The van der Waals surface area contributed by atoms with Crippen LogP contribution in [0.15, 0.2) is 23.1 Å². The van der Waals surface area contributed by atoms with Gasteiger partial charge in [0.15, 0.2) is 0 Å². The maximum atomic E-state index is 12.9. The number of benzene rings is 2. The monoisotopic (exact) mass is 432 g/mol. The van der Waals surface area contributed by atoms with Gasteiger partial charge in [-0.25, -0.2) is 0 Å². The van der Waals surface area contributed by atoms with E-state index in [0.717, 1.165) is 22.1 Å². The predicted octanol–water partition coefficient (Wildman–Crippen LogP) is 7.28. The van der Waals surface area contributed by atoms with E-state index in [4.69, 9.17) is 0 Å². The highest BCUT2D eigenvalue weighted by atomic mass is 32.2. The van der Waals surface area contributed by atoms with Crippen LogP contribution >= 0.6 is 0 Å². The maximum Gasteiger partial charge on any atom is 0.295 e. The molecule has 4 heteroatoms. The lowest BCUT2D eigenvalue weighted by atomic mass is 9.65. The van der Waals surface area contributed by atoms with Crippen LogP contribution in [0.4, 0.5) is 0 Å². The van der Waals surface area contributed by atoms with Crippen molar-refractivity contribution in [3.05, 3.63) is 40.5 Å². The molecular weight excluding hydrogens is 392 g/mol. The van der Waals surface area contributed by atoms with E-state index in [1.165, 1.54) is 5.56 Å². The highest BCUT2D eigenvalue weighted by Crippen LogP contribution is 2.50. The summed E-state index contributed by atoms with van der Waals surface area (Å²) in [6.07, 6.45) is 0. The molecule has 0 saturated carbocycles. The molecule has 0 atom stereocenters. The van der Waals surface area contributed by atoms with Crippen molar-refractivity contribution in [1.82, 2.24) is 0 Å². The molecule has 0 spiro atoms. The molecule has 1 N–H and O–H groups in total. The minimum absolute atomic E-state index is 0.0639. The van der Waals surface area contributed by atoms with Gasteiger partial charge in [-0.05, 0) is 49.3 Å². The molecule has 3 nitrogen and oxygen atoms in total. The molecular formula is C26H40O3S. The summed E-state index contributed by atoms with van der Waals surface area (Å²) in [7, 11) is -4.45. The summed E-state index contributed by atoms with van der Waals surface area (Å²) in [6, 6.07) is 5.85. The Morgan fingerprint density at radius 3 is 1.40 bits per heavy atom. The van der Waals surface area contributed by atoms with Crippen molar-refractivity contribution in [3.63, 3.8) is 0 Å². The van der Waals surface area contributed by atoms with E-state index in [2.05, 4.69) is 68.4 Å². The van der Waals surface area contributed by atoms with Crippen LogP contribution in [0.3, 0.4) is 0 Å². The van der Waals surface area contributed by atoms with Gasteiger partial charge in [0.25, 0.3) is 10.1 Å². The van der Waals surface area contributed by atoms with Crippen molar-refractivity contribution in [3.8, 4) is 0 Å². The van der Waals surface area contributed by atoms with Gasteiger partial charge in [0, 0.05) is 5.39 Å². The lowest BCUT2D eigenvalue weighted by Crippen LogP contribution is -2.31. The van der Waals surface area contributed by atoms with Gasteiger partial charge < -0.3 is 0 Å². The number of hydrogen-bond acceptors (Lipinski definition) is 2. The molecule has 2 aromatic rings. The van der Waals surface area contributed by atoms with Crippen LogP contribution in [-0.4, -0.2) is 13.0 Å². The van der Waals surface area contributed by atoms with Gasteiger partial charge in [-0.15, -0.1) is 0 Å². The molecule has 2 aromatic carbocycles. The summed E-state index contributed by atoms with van der Waals surface area (Å²) in [4.78, 5) is 0.0639. The Morgan fingerprint density at radius 1 is 0.633 bits per heavy atom. The zero-order chi connectivity index (χ0) is 23.7. The predicted molar refractivity (Wildman–Crippen MR) is 129 cm³/mol. The first-order valence-electron chi connectivity index (χ1n) is 10.7. The molecule has 0 heterocycles. The van der Waals surface area contributed by atoms with Gasteiger partial charge in [0.1, 0.15) is 4.90 Å². The van der Waals surface area contributed by atoms with E-state index in [1.807, 2.05) is 32.9 Å². The molecule has 30 heavy (non-hydrogen) atoms. The van der Waals surface area contributed by atoms with Crippen LogP contribution < -0.4 is 0 Å². The summed E-state index contributed by atoms with van der Waals surface area (Å²) in [5.74, 6) is 0. The first kappa shape index (κ1) is 24.9. The fourth-order valence-electron chi connectivity index (χ4n) is 4.62. The van der Waals surface area contributed by atoms with Crippen molar-refractivity contribution in [2.45, 2.75) is 110 Å². The Kier molecular flexibility index (Phi) is 5.86. The lowest BCUT2D eigenvalue weighted by molar-refractivity contribution is 0.467. The van der Waals surface area contributed by atoms with E-state index in [0.29, 0.717) is 5.39 Å². The fraction of sp³-hybridized carbons (Fsp3) is 0.615. The Morgan fingerprint density at radius 2 is 1.07 bits per heavy atom. The molecule has 0 aliphatic rings. The van der Waals surface area contributed by atoms with Gasteiger partial charge in [0.05, 0.1) is 0 Å².